The highest BCUT2D eigenvalue weighted by Gasteiger charge is 2.39. The van der Waals surface area contributed by atoms with E-state index >= 15 is 0 Å². The number of ether oxygens (including phenoxy) is 1. The zero-order chi connectivity index (χ0) is 17.0. The summed E-state index contributed by atoms with van der Waals surface area (Å²) in [6.07, 6.45) is 0.647. The van der Waals surface area contributed by atoms with Crippen molar-refractivity contribution in [3.63, 3.8) is 0 Å². The van der Waals surface area contributed by atoms with Crippen molar-refractivity contribution in [3.05, 3.63) is 30.3 Å². The molecule has 1 aromatic rings. The molecule has 1 aliphatic heterocycles. The van der Waals surface area contributed by atoms with E-state index in [1.807, 2.05) is 0 Å². The van der Waals surface area contributed by atoms with E-state index in [1.165, 1.54) is 19.1 Å². The van der Waals surface area contributed by atoms with Crippen LogP contribution in [0.1, 0.15) is 26.2 Å². The summed E-state index contributed by atoms with van der Waals surface area (Å²) < 4.78 is 31.6. The largest absolute Gasteiger partial charge is 0.451 e. The van der Waals surface area contributed by atoms with Crippen molar-refractivity contribution in [2.75, 3.05) is 6.54 Å². The number of carbonyl (C=O) groups is 2. The molecule has 0 unspecified atom stereocenters. The molecule has 2 rings (SSSR count). The monoisotopic (exact) mass is 340 g/mol. The number of nitrogens with two attached hydrogens (primary N) is 1. The summed E-state index contributed by atoms with van der Waals surface area (Å²) in [7, 11) is -3.80. The number of carbonyl (C=O) groups excluding carboxylic acids is 2. The van der Waals surface area contributed by atoms with Crippen molar-refractivity contribution in [2.24, 2.45) is 5.73 Å². The zero-order valence-corrected chi connectivity index (χ0v) is 13.7. The van der Waals surface area contributed by atoms with Gasteiger partial charge in [0.1, 0.15) is 6.04 Å². The van der Waals surface area contributed by atoms with Gasteiger partial charge >= 0.3 is 5.97 Å². The highest BCUT2D eigenvalue weighted by molar-refractivity contribution is 7.89. The summed E-state index contributed by atoms with van der Waals surface area (Å²) in [6.45, 7) is 1.60. The van der Waals surface area contributed by atoms with E-state index in [-0.39, 0.29) is 11.4 Å². The first-order chi connectivity index (χ1) is 10.8. The Balaban J connectivity index is 2.25. The Kier molecular flexibility index (Phi) is 5.38. The maximum atomic E-state index is 12.7. The number of rotatable bonds is 5. The second-order valence-corrected chi connectivity index (χ2v) is 7.31. The molecule has 1 fully saturated rings. The van der Waals surface area contributed by atoms with E-state index in [0.717, 1.165) is 4.31 Å². The summed E-state index contributed by atoms with van der Waals surface area (Å²) in [5, 5.41) is 0. The minimum Gasteiger partial charge on any atom is -0.451 e. The van der Waals surface area contributed by atoms with E-state index < -0.39 is 34.0 Å². The second kappa shape index (κ2) is 7.10. The van der Waals surface area contributed by atoms with Crippen LogP contribution in [0, 0.1) is 0 Å². The Morgan fingerprint density at radius 2 is 1.91 bits per heavy atom. The van der Waals surface area contributed by atoms with E-state index in [4.69, 9.17) is 10.5 Å². The molecule has 1 amide bonds. The van der Waals surface area contributed by atoms with Crippen molar-refractivity contribution < 1.29 is 22.7 Å². The van der Waals surface area contributed by atoms with Gasteiger partial charge in [0, 0.05) is 6.54 Å². The van der Waals surface area contributed by atoms with Crippen LogP contribution in [0.4, 0.5) is 0 Å². The SMILES string of the molecule is C[C@@H](OC(=O)[C@@H]1CCCCN1S(=O)(=O)c1ccccc1)C(N)=O. The normalized spacial score (nSPS) is 20.7. The van der Waals surface area contributed by atoms with E-state index in [1.54, 1.807) is 18.2 Å². The van der Waals surface area contributed by atoms with Gasteiger partial charge in [0.05, 0.1) is 4.90 Å². The van der Waals surface area contributed by atoms with Crippen LogP contribution in [0.2, 0.25) is 0 Å². The van der Waals surface area contributed by atoms with Crippen molar-refractivity contribution >= 4 is 21.9 Å². The number of nitrogens with zero attached hydrogens (tertiary/aromatic N) is 1. The molecule has 0 bridgehead atoms. The van der Waals surface area contributed by atoms with Crippen LogP contribution in [0.25, 0.3) is 0 Å². The summed E-state index contributed by atoms with van der Waals surface area (Å²) in [5.74, 6) is -1.51. The number of benzene rings is 1. The van der Waals surface area contributed by atoms with Crippen LogP contribution in [0.5, 0.6) is 0 Å². The third-order valence-corrected chi connectivity index (χ3v) is 5.69. The van der Waals surface area contributed by atoms with E-state index in [9.17, 15) is 18.0 Å². The van der Waals surface area contributed by atoms with Gasteiger partial charge in [-0.15, -0.1) is 0 Å². The van der Waals surface area contributed by atoms with Crippen LogP contribution >= 0.6 is 0 Å². The Morgan fingerprint density at radius 1 is 1.26 bits per heavy atom. The van der Waals surface area contributed by atoms with Gasteiger partial charge in [-0.1, -0.05) is 18.2 Å². The summed E-state index contributed by atoms with van der Waals surface area (Å²) in [4.78, 5) is 23.4. The average molecular weight is 340 g/mol. The van der Waals surface area contributed by atoms with E-state index in [2.05, 4.69) is 0 Å². The molecule has 2 N–H and O–H groups in total. The second-order valence-electron chi connectivity index (χ2n) is 5.42. The Labute approximate surface area is 135 Å². The highest BCUT2D eigenvalue weighted by Crippen LogP contribution is 2.26. The predicted octanol–water partition coefficient (Wildman–Crippen LogP) is 0.647. The van der Waals surface area contributed by atoms with Crippen molar-refractivity contribution in [3.8, 4) is 0 Å². The van der Waals surface area contributed by atoms with Crippen LogP contribution in [0.15, 0.2) is 35.2 Å². The average Bonchev–Trinajstić information content (AvgIpc) is 2.55. The van der Waals surface area contributed by atoms with Crippen LogP contribution < -0.4 is 5.73 Å². The number of piperidine rings is 1. The van der Waals surface area contributed by atoms with Gasteiger partial charge in [0.25, 0.3) is 5.91 Å². The number of amides is 1. The van der Waals surface area contributed by atoms with Gasteiger partial charge in [-0.2, -0.15) is 4.31 Å². The van der Waals surface area contributed by atoms with Crippen molar-refractivity contribution in [1.82, 2.24) is 4.31 Å². The maximum Gasteiger partial charge on any atom is 0.325 e. The lowest BCUT2D eigenvalue weighted by atomic mass is 10.1. The third kappa shape index (κ3) is 3.89. The standard InChI is InChI=1S/C15H20N2O5S/c1-11(14(16)18)22-15(19)13-9-5-6-10-17(13)23(20,21)12-7-3-2-4-8-12/h2-4,7-8,11,13H,5-6,9-10H2,1H3,(H2,16,18)/t11-,13+/m1/s1. The molecular formula is C15H20N2O5S. The minimum absolute atomic E-state index is 0.127. The molecule has 0 aromatic heterocycles. The molecule has 2 atom stereocenters. The number of hydrogen-bond acceptors (Lipinski definition) is 5. The number of hydrogen-bond donors (Lipinski definition) is 1. The molecule has 7 nitrogen and oxygen atoms in total. The molecule has 0 saturated carbocycles. The smallest absolute Gasteiger partial charge is 0.325 e. The first-order valence-electron chi connectivity index (χ1n) is 7.40. The van der Waals surface area contributed by atoms with Gasteiger partial charge in [0.2, 0.25) is 10.0 Å². The molecule has 1 aromatic carbocycles. The maximum absolute atomic E-state index is 12.7. The predicted molar refractivity (Wildman–Crippen MR) is 82.7 cm³/mol. The topological polar surface area (TPSA) is 107 Å². The number of sulfonamides is 1. The number of esters is 1. The van der Waals surface area contributed by atoms with Crippen LogP contribution in [-0.2, 0) is 24.3 Å². The van der Waals surface area contributed by atoms with Crippen molar-refractivity contribution in [2.45, 2.75) is 43.2 Å². The molecular weight excluding hydrogens is 320 g/mol. The summed E-state index contributed by atoms with van der Waals surface area (Å²) in [6, 6.07) is 7.00. The molecule has 126 valence electrons. The Bertz CT molecular complexity index is 674. The minimum atomic E-state index is -3.80. The molecule has 1 heterocycles. The van der Waals surface area contributed by atoms with E-state index in [0.29, 0.717) is 19.3 Å². The molecule has 0 radical (unpaired) electrons. The van der Waals surface area contributed by atoms with Gasteiger partial charge < -0.3 is 10.5 Å². The fourth-order valence-electron chi connectivity index (χ4n) is 2.47. The molecule has 1 aliphatic rings. The van der Waals surface area contributed by atoms with Crippen LogP contribution in [0.3, 0.4) is 0 Å². The van der Waals surface area contributed by atoms with Crippen molar-refractivity contribution in [1.29, 1.82) is 0 Å². The van der Waals surface area contributed by atoms with Gasteiger partial charge in [0.15, 0.2) is 6.10 Å². The van der Waals surface area contributed by atoms with Crippen LogP contribution in [-0.4, -0.2) is 43.3 Å². The zero-order valence-electron chi connectivity index (χ0n) is 12.8. The third-order valence-electron chi connectivity index (χ3n) is 3.77. The first kappa shape index (κ1) is 17.4. The van der Waals surface area contributed by atoms with Gasteiger partial charge in [-0.3, -0.25) is 9.59 Å². The fraction of sp³-hybridized carbons (Fsp3) is 0.467. The lowest BCUT2D eigenvalue weighted by Gasteiger charge is -2.33. The summed E-state index contributed by atoms with van der Waals surface area (Å²) in [5.41, 5.74) is 5.08. The first-order valence-corrected chi connectivity index (χ1v) is 8.84. The quantitative estimate of drug-likeness (QED) is 0.792. The lowest BCUT2D eigenvalue weighted by molar-refractivity contribution is -0.158. The molecule has 1 saturated heterocycles. The Hall–Kier alpha value is -1.93. The molecule has 0 spiro atoms. The molecule has 0 aliphatic carbocycles. The molecule has 8 heteroatoms. The highest BCUT2D eigenvalue weighted by atomic mass is 32.2. The number of primary amides is 1. The lowest BCUT2D eigenvalue weighted by Crippen LogP contribution is -2.49. The molecule has 23 heavy (non-hydrogen) atoms. The van der Waals surface area contributed by atoms with Gasteiger partial charge in [-0.25, -0.2) is 8.42 Å². The Morgan fingerprint density at radius 3 is 2.52 bits per heavy atom. The van der Waals surface area contributed by atoms with Gasteiger partial charge in [-0.05, 0) is 38.3 Å². The summed E-state index contributed by atoms with van der Waals surface area (Å²) >= 11 is 0. The fourth-order valence-corrected chi connectivity index (χ4v) is 4.13.